The molecule has 0 aliphatic heterocycles. The van der Waals surface area contributed by atoms with Gasteiger partial charge in [-0.1, -0.05) is 44.5 Å². The van der Waals surface area contributed by atoms with E-state index in [9.17, 15) is 4.79 Å². The van der Waals surface area contributed by atoms with E-state index in [1.807, 2.05) is 24.3 Å². The van der Waals surface area contributed by atoms with Gasteiger partial charge in [-0.05, 0) is 17.7 Å². The van der Waals surface area contributed by atoms with Gasteiger partial charge in [0.15, 0.2) is 0 Å². The molecule has 2 rings (SSSR count). The molecule has 1 N–H and O–H groups in total. The molecule has 0 amide bonds. The highest BCUT2D eigenvalue weighted by atomic mass is 35.5. The van der Waals surface area contributed by atoms with Gasteiger partial charge in [0.1, 0.15) is 0 Å². The van der Waals surface area contributed by atoms with Crippen LogP contribution in [0.2, 0.25) is 5.02 Å². The van der Waals surface area contributed by atoms with Crippen LogP contribution in [0.25, 0.3) is 0 Å². The van der Waals surface area contributed by atoms with Crippen LogP contribution in [0, 0.1) is 0 Å². The zero-order chi connectivity index (χ0) is 13.3. The van der Waals surface area contributed by atoms with Gasteiger partial charge < -0.3 is 0 Å². The third kappa shape index (κ3) is 2.85. The summed E-state index contributed by atoms with van der Waals surface area (Å²) >= 11 is 5.83. The highest BCUT2D eigenvalue weighted by Crippen LogP contribution is 2.18. The van der Waals surface area contributed by atoms with E-state index in [0.717, 1.165) is 11.3 Å². The second-order valence-corrected chi connectivity index (χ2v) is 5.91. The number of H-pyrrole nitrogens is 1. The van der Waals surface area contributed by atoms with Crippen molar-refractivity contribution in [2.45, 2.75) is 32.7 Å². The minimum atomic E-state index is -0.0512. The third-order valence-corrected chi connectivity index (χ3v) is 3.10. The van der Waals surface area contributed by atoms with Gasteiger partial charge in [0.2, 0.25) is 0 Å². The standard InChI is InChI=1S/C14H17ClN2O/c1-14(2,3)12-8-13(18)17(16-12)9-10-4-6-11(15)7-5-10/h4-8,16H,9H2,1-3H3. The molecule has 0 fully saturated rings. The predicted molar refractivity (Wildman–Crippen MR) is 74.3 cm³/mol. The van der Waals surface area contributed by atoms with Gasteiger partial charge in [0, 0.05) is 22.2 Å². The lowest BCUT2D eigenvalue weighted by molar-refractivity contribution is 0.543. The lowest BCUT2D eigenvalue weighted by Gasteiger charge is -2.15. The molecule has 0 radical (unpaired) electrons. The van der Waals surface area contributed by atoms with E-state index >= 15 is 0 Å². The molecule has 4 heteroatoms. The summed E-state index contributed by atoms with van der Waals surface area (Å²) in [4.78, 5) is 11.9. The van der Waals surface area contributed by atoms with Crippen molar-refractivity contribution in [3.8, 4) is 0 Å². The average molecular weight is 265 g/mol. The number of halogens is 1. The van der Waals surface area contributed by atoms with E-state index in [4.69, 9.17) is 11.6 Å². The minimum absolute atomic E-state index is 0.00475. The second-order valence-electron chi connectivity index (χ2n) is 5.47. The monoisotopic (exact) mass is 264 g/mol. The number of aromatic nitrogens is 2. The summed E-state index contributed by atoms with van der Waals surface area (Å²) in [6.45, 7) is 6.76. The van der Waals surface area contributed by atoms with Gasteiger partial charge in [-0.3, -0.25) is 9.89 Å². The fourth-order valence-corrected chi connectivity index (χ4v) is 1.83. The Morgan fingerprint density at radius 1 is 1.22 bits per heavy atom. The van der Waals surface area contributed by atoms with E-state index in [0.29, 0.717) is 11.6 Å². The van der Waals surface area contributed by atoms with Crippen molar-refractivity contribution in [1.29, 1.82) is 0 Å². The first kappa shape index (κ1) is 13.0. The number of rotatable bonds is 2. The molecule has 1 heterocycles. The molecule has 0 spiro atoms. The molecule has 0 bridgehead atoms. The van der Waals surface area contributed by atoms with Crippen molar-refractivity contribution >= 4 is 11.6 Å². The SMILES string of the molecule is CC(C)(C)c1cc(=O)n(Cc2ccc(Cl)cc2)[nH]1. The van der Waals surface area contributed by atoms with Crippen LogP contribution in [-0.2, 0) is 12.0 Å². The van der Waals surface area contributed by atoms with E-state index in [-0.39, 0.29) is 11.0 Å². The number of aromatic amines is 1. The normalized spacial score (nSPS) is 11.8. The van der Waals surface area contributed by atoms with Gasteiger partial charge in [0.25, 0.3) is 5.56 Å². The van der Waals surface area contributed by atoms with Crippen LogP contribution < -0.4 is 5.56 Å². The Hall–Kier alpha value is -1.48. The summed E-state index contributed by atoms with van der Waals surface area (Å²) in [6.07, 6.45) is 0. The first-order chi connectivity index (χ1) is 8.36. The van der Waals surface area contributed by atoms with Gasteiger partial charge in [-0.25, -0.2) is 4.68 Å². The first-order valence-electron chi connectivity index (χ1n) is 5.91. The van der Waals surface area contributed by atoms with Gasteiger partial charge >= 0.3 is 0 Å². The zero-order valence-corrected chi connectivity index (χ0v) is 11.6. The van der Waals surface area contributed by atoms with E-state index in [1.54, 1.807) is 10.7 Å². The first-order valence-corrected chi connectivity index (χ1v) is 6.29. The Kier molecular flexibility index (Phi) is 3.35. The van der Waals surface area contributed by atoms with E-state index < -0.39 is 0 Å². The van der Waals surface area contributed by atoms with Crippen molar-refractivity contribution in [2.24, 2.45) is 0 Å². The molecule has 0 saturated heterocycles. The smallest absolute Gasteiger partial charge is 0.267 e. The fourth-order valence-electron chi connectivity index (χ4n) is 1.71. The number of hydrogen-bond acceptors (Lipinski definition) is 1. The van der Waals surface area contributed by atoms with Crippen molar-refractivity contribution in [3.05, 3.63) is 57.0 Å². The van der Waals surface area contributed by atoms with Gasteiger partial charge in [0.05, 0.1) is 6.54 Å². The van der Waals surface area contributed by atoms with E-state index in [2.05, 4.69) is 25.9 Å². The van der Waals surface area contributed by atoms with Gasteiger partial charge in [-0.15, -0.1) is 0 Å². The second kappa shape index (κ2) is 4.65. The molecule has 0 atom stereocenters. The fraction of sp³-hybridized carbons (Fsp3) is 0.357. The molecule has 96 valence electrons. The molecule has 2 aromatic rings. The number of nitrogens with one attached hydrogen (secondary N) is 1. The summed E-state index contributed by atoms with van der Waals surface area (Å²) in [5.41, 5.74) is 1.94. The quantitative estimate of drug-likeness (QED) is 0.889. The van der Waals surface area contributed by atoms with Crippen molar-refractivity contribution in [1.82, 2.24) is 9.78 Å². The zero-order valence-electron chi connectivity index (χ0n) is 10.8. The largest absolute Gasteiger partial charge is 0.299 e. The Morgan fingerprint density at radius 3 is 2.33 bits per heavy atom. The van der Waals surface area contributed by atoms with Crippen LogP contribution in [0.5, 0.6) is 0 Å². The summed E-state index contributed by atoms with van der Waals surface area (Å²) < 4.78 is 1.61. The number of nitrogens with zero attached hydrogens (tertiary/aromatic N) is 1. The lowest BCUT2D eigenvalue weighted by Crippen LogP contribution is -2.17. The molecular formula is C14H17ClN2O. The Labute approximate surface area is 111 Å². The summed E-state index contributed by atoms with van der Waals surface area (Å²) in [7, 11) is 0. The summed E-state index contributed by atoms with van der Waals surface area (Å²) in [5, 5.41) is 3.86. The Morgan fingerprint density at radius 2 is 1.83 bits per heavy atom. The van der Waals surface area contributed by atoms with Gasteiger partial charge in [-0.2, -0.15) is 0 Å². The molecular weight excluding hydrogens is 248 g/mol. The van der Waals surface area contributed by atoms with Crippen molar-refractivity contribution < 1.29 is 0 Å². The number of benzene rings is 1. The highest BCUT2D eigenvalue weighted by molar-refractivity contribution is 6.30. The highest BCUT2D eigenvalue weighted by Gasteiger charge is 2.17. The van der Waals surface area contributed by atoms with Crippen LogP contribution in [-0.4, -0.2) is 9.78 Å². The molecule has 18 heavy (non-hydrogen) atoms. The molecule has 1 aromatic heterocycles. The molecule has 0 aliphatic carbocycles. The molecule has 1 aromatic carbocycles. The van der Waals surface area contributed by atoms with Crippen LogP contribution in [0.1, 0.15) is 32.0 Å². The maximum absolute atomic E-state index is 11.9. The maximum Gasteiger partial charge on any atom is 0.267 e. The van der Waals surface area contributed by atoms with Crippen molar-refractivity contribution in [2.75, 3.05) is 0 Å². The third-order valence-electron chi connectivity index (χ3n) is 2.85. The minimum Gasteiger partial charge on any atom is -0.299 e. The van der Waals surface area contributed by atoms with Crippen LogP contribution in [0.3, 0.4) is 0 Å². The molecule has 0 aliphatic rings. The number of hydrogen-bond donors (Lipinski definition) is 1. The summed E-state index contributed by atoms with van der Waals surface area (Å²) in [6, 6.07) is 9.17. The lowest BCUT2D eigenvalue weighted by atomic mass is 9.93. The van der Waals surface area contributed by atoms with E-state index in [1.165, 1.54) is 0 Å². The van der Waals surface area contributed by atoms with Crippen LogP contribution in [0.15, 0.2) is 35.1 Å². The maximum atomic E-state index is 11.9. The topological polar surface area (TPSA) is 37.8 Å². The molecule has 0 saturated carbocycles. The Bertz CT molecular complexity index is 587. The molecule has 0 unspecified atom stereocenters. The predicted octanol–water partition coefficient (Wildman–Crippen LogP) is 3.18. The summed E-state index contributed by atoms with van der Waals surface area (Å²) in [5.74, 6) is 0. The average Bonchev–Trinajstić information content (AvgIpc) is 2.63. The Balaban J connectivity index is 2.27. The van der Waals surface area contributed by atoms with Crippen molar-refractivity contribution in [3.63, 3.8) is 0 Å². The van der Waals surface area contributed by atoms with Crippen LogP contribution >= 0.6 is 11.6 Å². The molecule has 3 nitrogen and oxygen atoms in total. The van der Waals surface area contributed by atoms with Crippen LogP contribution in [0.4, 0.5) is 0 Å².